The van der Waals surface area contributed by atoms with Crippen LogP contribution in [-0.2, 0) is 14.8 Å². The molecule has 134 valence electrons. The van der Waals surface area contributed by atoms with Crippen molar-refractivity contribution < 1.29 is 17.9 Å². The van der Waals surface area contributed by atoms with E-state index in [0.29, 0.717) is 13.1 Å². The van der Waals surface area contributed by atoms with Gasteiger partial charge in [-0.05, 0) is 31.7 Å². The van der Waals surface area contributed by atoms with E-state index in [1.54, 1.807) is 11.8 Å². The molecule has 1 aromatic rings. The van der Waals surface area contributed by atoms with E-state index in [2.05, 4.69) is 4.98 Å². The van der Waals surface area contributed by atoms with E-state index in [1.807, 2.05) is 0 Å². The molecule has 0 unspecified atom stereocenters. The maximum atomic E-state index is 12.6. The highest BCUT2D eigenvalue weighted by Crippen LogP contribution is 2.23. The van der Waals surface area contributed by atoms with Gasteiger partial charge in [0.25, 0.3) is 0 Å². The van der Waals surface area contributed by atoms with Crippen LogP contribution in [0.5, 0.6) is 0 Å². The van der Waals surface area contributed by atoms with Gasteiger partial charge in [0.05, 0.1) is 0 Å². The fourth-order valence-electron chi connectivity index (χ4n) is 3.15. The van der Waals surface area contributed by atoms with Crippen molar-refractivity contribution in [2.24, 2.45) is 0 Å². The van der Waals surface area contributed by atoms with Crippen LogP contribution < -0.4 is 0 Å². The van der Waals surface area contributed by atoms with Crippen molar-refractivity contribution in [2.75, 3.05) is 24.6 Å². The Morgan fingerprint density at radius 3 is 2.50 bits per heavy atom. The molecule has 1 saturated heterocycles. The number of nitrogens with one attached hydrogen (secondary N) is 1. The molecule has 24 heavy (non-hydrogen) atoms. The number of esters is 1. The largest absolute Gasteiger partial charge is 0.458 e. The Labute approximate surface area is 147 Å². The van der Waals surface area contributed by atoms with Gasteiger partial charge in [-0.25, -0.2) is 13.2 Å². The predicted octanol–water partition coefficient (Wildman–Crippen LogP) is 2.63. The zero-order chi connectivity index (χ0) is 17.0. The molecule has 1 aromatic heterocycles. The molecular weight excluding hydrogens is 348 g/mol. The minimum atomic E-state index is -3.53. The van der Waals surface area contributed by atoms with Crippen LogP contribution >= 0.6 is 11.8 Å². The number of aromatic nitrogens is 1. The van der Waals surface area contributed by atoms with Crippen molar-refractivity contribution in [3.63, 3.8) is 0 Å². The number of hydrogen-bond donors (Lipinski definition) is 1. The first kappa shape index (κ1) is 17.8. The normalized spacial score (nSPS) is 21.3. The number of hydrogen-bond acceptors (Lipinski definition) is 5. The first-order chi connectivity index (χ1) is 11.6. The number of sulfonamides is 1. The monoisotopic (exact) mass is 372 g/mol. The highest BCUT2D eigenvalue weighted by Gasteiger charge is 2.28. The van der Waals surface area contributed by atoms with E-state index in [9.17, 15) is 13.2 Å². The van der Waals surface area contributed by atoms with E-state index in [-0.39, 0.29) is 16.7 Å². The van der Waals surface area contributed by atoms with Gasteiger partial charge in [0.2, 0.25) is 10.0 Å². The Hall–Kier alpha value is -0.990. The summed E-state index contributed by atoms with van der Waals surface area (Å²) >= 11 is 1.75. The van der Waals surface area contributed by atoms with Crippen LogP contribution in [0.25, 0.3) is 0 Å². The zero-order valence-electron chi connectivity index (χ0n) is 13.7. The second-order valence-electron chi connectivity index (χ2n) is 6.28. The summed E-state index contributed by atoms with van der Waals surface area (Å²) in [5.41, 5.74) is 0.212. The summed E-state index contributed by atoms with van der Waals surface area (Å²) in [6.45, 7) is 1.03. The number of ether oxygens (including phenoxy) is 1. The third kappa shape index (κ3) is 4.15. The number of carbonyl (C=O) groups is 1. The van der Waals surface area contributed by atoms with E-state index in [4.69, 9.17) is 4.74 Å². The van der Waals surface area contributed by atoms with Crippen LogP contribution in [0.15, 0.2) is 17.2 Å². The van der Waals surface area contributed by atoms with Gasteiger partial charge in [-0.15, -0.1) is 0 Å². The summed E-state index contributed by atoms with van der Waals surface area (Å²) in [7, 11) is -3.53. The summed E-state index contributed by atoms with van der Waals surface area (Å²) in [6, 6.07) is 1.40. The molecule has 8 heteroatoms. The predicted molar refractivity (Wildman–Crippen MR) is 93.8 cm³/mol. The van der Waals surface area contributed by atoms with E-state index in [1.165, 1.54) is 29.4 Å². The van der Waals surface area contributed by atoms with E-state index in [0.717, 1.165) is 37.2 Å². The van der Waals surface area contributed by atoms with Crippen molar-refractivity contribution in [2.45, 2.75) is 49.5 Å². The molecule has 2 aliphatic rings. The van der Waals surface area contributed by atoms with Crippen LogP contribution in [-0.4, -0.2) is 54.4 Å². The zero-order valence-corrected chi connectivity index (χ0v) is 15.3. The Kier molecular flexibility index (Phi) is 5.89. The number of nitrogens with zero attached hydrogens (tertiary/aromatic N) is 1. The van der Waals surface area contributed by atoms with Crippen molar-refractivity contribution in [1.29, 1.82) is 0 Å². The van der Waals surface area contributed by atoms with Crippen molar-refractivity contribution in [1.82, 2.24) is 9.29 Å². The minimum Gasteiger partial charge on any atom is -0.458 e. The van der Waals surface area contributed by atoms with Gasteiger partial charge in [-0.2, -0.15) is 16.1 Å². The Bertz CT molecular complexity index is 657. The lowest BCUT2D eigenvalue weighted by Gasteiger charge is -2.24. The molecule has 1 N–H and O–H groups in total. The first-order valence-corrected chi connectivity index (χ1v) is 11.1. The number of H-pyrrole nitrogens is 1. The van der Waals surface area contributed by atoms with Crippen molar-refractivity contribution in [3.05, 3.63) is 18.0 Å². The molecular formula is C16H24N2O4S2. The number of thioether (sulfide) groups is 1. The Morgan fingerprint density at radius 1 is 1.17 bits per heavy atom. The average molecular weight is 373 g/mol. The third-order valence-corrected chi connectivity index (χ3v) is 7.38. The molecule has 2 heterocycles. The van der Waals surface area contributed by atoms with Gasteiger partial charge < -0.3 is 9.72 Å². The van der Waals surface area contributed by atoms with Gasteiger partial charge in [-0.3, -0.25) is 0 Å². The molecule has 0 bridgehead atoms. The third-order valence-electron chi connectivity index (χ3n) is 4.56. The van der Waals surface area contributed by atoms with Gasteiger partial charge in [0.1, 0.15) is 16.7 Å². The minimum absolute atomic E-state index is 0.0533. The topological polar surface area (TPSA) is 79.5 Å². The number of rotatable bonds is 4. The molecule has 0 spiro atoms. The summed E-state index contributed by atoms with van der Waals surface area (Å²) < 4.78 is 32.2. The van der Waals surface area contributed by atoms with Gasteiger partial charge in [-0.1, -0.05) is 12.8 Å². The molecule has 0 amide bonds. The molecule has 0 atom stereocenters. The van der Waals surface area contributed by atoms with Crippen LogP contribution in [0.3, 0.4) is 0 Å². The fraction of sp³-hybridized carbons (Fsp3) is 0.688. The highest BCUT2D eigenvalue weighted by atomic mass is 32.2. The molecule has 2 fully saturated rings. The second-order valence-corrected chi connectivity index (χ2v) is 9.45. The SMILES string of the molecule is O=C(OC1CCCCCC1)c1cc(S(=O)(=O)N2CCSCC2)c[nH]1. The van der Waals surface area contributed by atoms with Crippen molar-refractivity contribution in [3.8, 4) is 0 Å². The molecule has 0 radical (unpaired) electrons. The maximum absolute atomic E-state index is 12.6. The van der Waals surface area contributed by atoms with Crippen LogP contribution in [0.4, 0.5) is 0 Å². The second kappa shape index (κ2) is 7.93. The van der Waals surface area contributed by atoms with E-state index >= 15 is 0 Å². The summed E-state index contributed by atoms with van der Waals surface area (Å²) in [5.74, 6) is 1.15. The van der Waals surface area contributed by atoms with Crippen LogP contribution in [0.1, 0.15) is 49.0 Å². The number of carbonyl (C=O) groups excluding carboxylic acids is 1. The van der Waals surface area contributed by atoms with Crippen LogP contribution in [0.2, 0.25) is 0 Å². The quantitative estimate of drug-likeness (QED) is 0.649. The Morgan fingerprint density at radius 2 is 1.83 bits per heavy atom. The molecule has 1 aliphatic heterocycles. The van der Waals surface area contributed by atoms with Crippen LogP contribution in [0, 0.1) is 0 Å². The smallest absolute Gasteiger partial charge is 0.355 e. The lowest BCUT2D eigenvalue weighted by molar-refractivity contribution is 0.0261. The van der Waals surface area contributed by atoms with Gasteiger partial charge in [0.15, 0.2) is 0 Å². The lowest BCUT2D eigenvalue weighted by atomic mass is 10.1. The van der Waals surface area contributed by atoms with Gasteiger partial charge in [0, 0.05) is 30.8 Å². The Balaban J connectivity index is 1.66. The first-order valence-electron chi connectivity index (χ1n) is 8.54. The van der Waals surface area contributed by atoms with Gasteiger partial charge >= 0.3 is 5.97 Å². The maximum Gasteiger partial charge on any atom is 0.355 e. The molecule has 3 rings (SSSR count). The summed E-state index contributed by atoms with van der Waals surface area (Å²) in [4.78, 5) is 15.2. The molecule has 6 nitrogen and oxygen atoms in total. The van der Waals surface area contributed by atoms with Crippen molar-refractivity contribution >= 4 is 27.8 Å². The molecule has 0 aromatic carbocycles. The average Bonchev–Trinajstić information content (AvgIpc) is 2.97. The molecule has 1 aliphatic carbocycles. The lowest BCUT2D eigenvalue weighted by Crippen LogP contribution is -2.37. The highest BCUT2D eigenvalue weighted by molar-refractivity contribution is 7.99. The summed E-state index contributed by atoms with van der Waals surface area (Å²) in [6.07, 6.45) is 7.65. The fourth-order valence-corrected chi connectivity index (χ4v) is 5.72. The number of aromatic amines is 1. The standard InChI is InChI=1S/C16H24N2O4S2/c19-16(22-13-5-3-1-2-4-6-13)15-11-14(12-17-15)24(20,21)18-7-9-23-10-8-18/h11-13,17H,1-10H2. The molecule has 1 saturated carbocycles. The van der Waals surface area contributed by atoms with E-state index < -0.39 is 16.0 Å². The summed E-state index contributed by atoms with van der Waals surface area (Å²) in [5, 5.41) is 0.